The summed E-state index contributed by atoms with van der Waals surface area (Å²) in [4.78, 5) is 28.9. The van der Waals surface area contributed by atoms with Crippen molar-refractivity contribution in [2.75, 3.05) is 0 Å². The van der Waals surface area contributed by atoms with Crippen LogP contribution in [0.4, 0.5) is 4.39 Å². The highest BCUT2D eigenvalue weighted by molar-refractivity contribution is 5.86. The van der Waals surface area contributed by atoms with E-state index in [-0.39, 0.29) is 18.2 Å². The Morgan fingerprint density at radius 2 is 1.93 bits per heavy atom. The van der Waals surface area contributed by atoms with Crippen LogP contribution >= 0.6 is 0 Å². The highest BCUT2D eigenvalue weighted by atomic mass is 19.1. The molecule has 0 aliphatic carbocycles. The number of carboxylic acids is 1. The largest absolute Gasteiger partial charge is 0.480 e. The van der Waals surface area contributed by atoms with Gasteiger partial charge < -0.3 is 14.8 Å². The van der Waals surface area contributed by atoms with Gasteiger partial charge in [0.15, 0.2) is 0 Å². The number of fused-ring (bicyclic) bond motifs is 1. The lowest BCUT2D eigenvalue weighted by atomic mass is 10.0. The van der Waals surface area contributed by atoms with E-state index in [0.717, 1.165) is 5.56 Å². The van der Waals surface area contributed by atoms with Gasteiger partial charge in [0.1, 0.15) is 17.5 Å². The third kappa shape index (κ3) is 4.67. The predicted molar refractivity (Wildman–Crippen MR) is 113 cm³/mol. The average molecular weight is 411 g/mol. The molecule has 1 atom stereocenters. The molecule has 30 heavy (non-hydrogen) atoms. The predicted octanol–water partition coefficient (Wildman–Crippen LogP) is 3.92. The van der Waals surface area contributed by atoms with Crippen LogP contribution < -0.4 is 5.32 Å². The third-order valence-electron chi connectivity index (χ3n) is 4.97. The highest BCUT2D eigenvalue weighted by Gasteiger charge is 2.23. The minimum atomic E-state index is -1.06. The summed E-state index contributed by atoms with van der Waals surface area (Å²) in [5.41, 5.74) is 4.05. The minimum Gasteiger partial charge on any atom is -0.480 e. The van der Waals surface area contributed by atoms with E-state index in [0.29, 0.717) is 34.6 Å². The SMILES string of the molecule is Cc1ccc2nc(-c3ccc(F)c(C)c3)c(CC(=O)NC(CC(C)C)C(=O)O)n2c1. The summed E-state index contributed by atoms with van der Waals surface area (Å²) >= 11 is 0. The van der Waals surface area contributed by atoms with Gasteiger partial charge >= 0.3 is 5.97 Å². The van der Waals surface area contributed by atoms with Crippen LogP contribution in [-0.2, 0) is 16.0 Å². The molecule has 0 saturated carbocycles. The summed E-state index contributed by atoms with van der Waals surface area (Å²) in [6, 6.07) is 7.55. The Bertz CT molecular complexity index is 1100. The van der Waals surface area contributed by atoms with Crippen molar-refractivity contribution in [2.45, 2.75) is 46.6 Å². The molecule has 2 heterocycles. The van der Waals surface area contributed by atoms with Crippen LogP contribution in [-0.4, -0.2) is 32.4 Å². The van der Waals surface area contributed by atoms with Crippen molar-refractivity contribution >= 4 is 17.5 Å². The van der Waals surface area contributed by atoms with Crippen LogP contribution in [0.2, 0.25) is 0 Å². The molecule has 0 radical (unpaired) electrons. The van der Waals surface area contributed by atoms with E-state index >= 15 is 0 Å². The number of benzene rings is 1. The van der Waals surface area contributed by atoms with Gasteiger partial charge in [-0.1, -0.05) is 19.9 Å². The van der Waals surface area contributed by atoms with E-state index in [2.05, 4.69) is 10.3 Å². The Morgan fingerprint density at radius 1 is 1.20 bits per heavy atom. The molecule has 1 unspecified atom stereocenters. The normalized spacial score (nSPS) is 12.3. The van der Waals surface area contributed by atoms with Gasteiger partial charge in [-0.15, -0.1) is 0 Å². The van der Waals surface area contributed by atoms with Gasteiger partial charge in [-0.2, -0.15) is 0 Å². The standard InChI is InChI=1S/C23H26FN3O3/c1-13(2)9-18(23(29)30)25-21(28)11-19-22(16-6-7-17(24)15(4)10-16)26-20-8-5-14(3)12-27(19)20/h5-8,10,12-13,18H,9,11H2,1-4H3,(H,25,28)(H,29,30). The van der Waals surface area contributed by atoms with Gasteiger partial charge in [0.2, 0.25) is 5.91 Å². The minimum absolute atomic E-state index is 0.0434. The Kier molecular flexibility index (Phi) is 6.20. The van der Waals surface area contributed by atoms with Gasteiger partial charge in [-0.05, 0) is 61.6 Å². The summed E-state index contributed by atoms with van der Waals surface area (Å²) in [6.45, 7) is 7.43. The number of rotatable bonds is 7. The number of amides is 1. The van der Waals surface area contributed by atoms with E-state index in [1.807, 2.05) is 43.5 Å². The number of aryl methyl sites for hydroxylation is 2. The van der Waals surface area contributed by atoms with Crippen LogP contribution in [0.3, 0.4) is 0 Å². The van der Waals surface area contributed by atoms with E-state index in [9.17, 15) is 19.1 Å². The topological polar surface area (TPSA) is 83.7 Å². The maximum atomic E-state index is 13.8. The third-order valence-corrected chi connectivity index (χ3v) is 4.97. The molecule has 1 aromatic carbocycles. The molecule has 7 heteroatoms. The van der Waals surface area contributed by atoms with Crippen molar-refractivity contribution in [1.82, 2.24) is 14.7 Å². The molecule has 0 fully saturated rings. The first-order chi connectivity index (χ1) is 14.2. The van der Waals surface area contributed by atoms with E-state index < -0.39 is 17.9 Å². The Morgan fingerprint density at radius 3 is 2.57 bits per heavy atom. The number of hydrogen-bond acceptors (Lipinski definition) is 3. The maximum absolute atomic E-state index is 13.8. The van der Waals surface area contributed by atoms with Crippen LogP contribution in [0.25, 0.3) is 16.9 Å². The number of hydrogen-bond donors (Lipinski definition) is 2. The van der Waals surface area contributed by atoms with Crippen LogP contribution in [0.15, 0.2) is 36.5 Å². The molecule has 0 aliphatic rings. The second-order valence-electron chi connectivity index (χ2n) is 8.07. The lowest BCUT2D eigenvalue weighted by molar-refractivity contribution is -0.142. The molecule has 6 nitrogen and oxygen atoms in total. The van der Waals surface area contributed by atoms with Gasteiger partial charge in [-0.3, -0.25) is 4.79 Å². The maximum Gasteiger partial charge on any atom is 0.326 e. The summed E-state index contributed by atoms with van der Waals surface area (Å²) in [5.74, 6) is -1.63. The lowest BCUT2D eigenvalue weighted by Gasteiger charge is -2.16. The first kappa shape index (κ1) is 21.5. The molecular weight excluding hydrogens is 385 g/mol. The Balaban J connectivity index is 2.00. The van der Waals surface area contributed by atoms with Crippen LogP contribution in [0.1, 0.15) is 37.1 Å². The van der Waals surface area contributed by atoms with Crippen molar-refractivity contribution in [3.63, 3.8) is 0 Å². The fourth-order valence-corrected chi connectivity index (χ4v) is 3.48. The number of halogens is 1. The van der Waals surface area contributed by atoms with Crippen molar-refractivity contribution < 1.29 is 19.1 Å². The van der Waals surface area contributed by atoms with Gasteiger partial charge in [0.25, 0.3) is 0 Å². The van der Waals surface area contributed by atoms with Crippen LogP contribution in [0, 0.1) is 25.6 Å². The molecular formula is C23H26FN3O3. The van der Waals surface area contributed by atoms with Gasteiger partial charge in [-0.25, -0.2) is 14.2 Å². The molecule has 1 amide bonds. The summed E-state index contributed by atoms with van der Waals surface area (Å²) < 4.78 is 15.6. The number of nitrogens with one attached hydrogen (secondary N) is 1. The molecule has 0 saturated heterocycles. The smallest absolute Gasteiger partial charge is 0.326 e. The summed E-state index contributed by atoms with van der Waals surface area (Å²) in [7, 11) is 0. The molecule has 0 aliphatic heterocycles. The Labute approximate surface area is 174 Å². The molecule has 158 valence electrons. The zero-order valence-electron chi connectivity index (χ0n) is 17.6. The van der Waals surface area contributed by atoms with Crippen molar-refractivity contribution in [3.05, 3.63) is 59.2 Å². The molecule has 2 aromatic heterocycles. The first-order valence-electron chi connectivity index (χ1n) is 9.92. The van der Waals surface area contributed by atoms with Gasteiger partial charge in [0, 0.05) is 11.8 Å². The first-order valence-corrected chi connectivity index (χ1v) is 9.92. The summed E-state index contributed by atoms with van der Waals surface area (Å²) in [5, 5.41) is 12.1. The monoisotopic (exact) mass is 411 g/mol. The zero-order valence-corrected chi connectivity index (χ0v) is 17.6. The number of carbonyl (C=O) groups is 2. The highest BCUT2D eigenvalue weighted by Crippen LogP contribution is 2.27. The number of aliphatic carboxylic acids is 1. The zero-order chi connectivity index (χ0) is 22.0. The molecule has 2 N–H and O–H groups in total. The molecule has 3 aromatic rings. The second kappa shape index (κ2) is 8.65. The fourth-order valence-electron chi connectivity index (χ4n) is 3.48. The fraction of sp³-hybridized carbons (Fsp3) is 0.348. The average Bonchev–Trinajstić information content (AvgIpc) is 3.00. The quantitative estimate of drug-likeness (QED) is 0.617. The van der Waals surface area contributed by atoms with Crippen molar-refractivity contribution in [3.8, 4) is 11.3 Å². The van der Waals surface area contributed by atoms with Crippen molar-refractivity contribution in [1.29, 1.82) is 0 Å². The van der Waals surface area contributed by atoms with E-state index in [4.69, 9.17) is 0 Å². The number of aromatic nitrogens is 2. The van der Waals surface area contributed by atoms with Gasteiger partial charge in [0.05, 0.1) is 17.8 Å². The number of pyridine rings is 1. The second-order valence-corrected chi connectivity index (χ2v) is 8.07. The number of imidazole rings is 1. The number of carboxylic acid groups (broad SMARTS) is 1. The van der Waals surface area contributed by atoms with Crippen molar-refractivity contribution in [2.24, 2.45) is 5.92 Å². The number of carbonyl (C=O) groups excluding carboxylic acids is 1. The lowest BCUT2D eigenvalue weighted by Crippen LogP contribution is -2.42. The van der Waals surface area contributed by atoms with E-state index in [1.165, 1.54) is 6.07 Å². The Hall–Kier alpha value is -3.22. The summed E-state index contributed by atoms with van der Waals surface area (Å²) in [6.07, 6.45) is 2.18. The molecule has 0 spiro atoms. The number of nitrogens with zero attached hydrogens (tertiary/aromatic N) is 2. The molecule has 0 bridgehead atoms. The molecule has 3 rings (SSSR count). The van der Waals surface area contributed by atoms with E-state index in [1.54, 1.807) is 19.1 Å². The van der Waals surface area contributed by atoms with Crippen LogP contribution in [0.5, 0.6) is 0 Å².